The Morgan fingerprint density at radius 1 is 1.33 bits per heavy atom. The minimum Gasteiger partial charge on any atom is -0.458 e. The maximum Gasteiger partial charge on any atom is 0.134 e. The number of aromatic nitrogens is 2. The Balaban J connectivity index is 1.83. The summed E-state index contributed by atoms with van der Waals surface area (Å²) in [5.41, 5.74) is 1.99. The number of aryl methyl sites for hydroxylation is 2. The fourth-order valence-corrected chi connectivity index (χ4v) is 2.60. The van der Waals surface area contributed by atoms with Gasteiger partial charge in [-0.1, -0.05) is 18.6 Å². The summed E-state index contributed by atoms with van der Waals surface area (Å²) in [6.45, 7) is 5.09. The van der Waals surface area contributed by atoms with Crippen LogP contribution in [0.3, 0.4) is 0 Å². The third-order valence-corrected chi connectivity index (χ3v) is 3.66. The van der Waals surface area contributed by atoms with Crippen molar-refractivity contribution in [1.29, 1.82) is 0 Å². The molecular formula is C17H20N2O2. The molecule has 21 heavy (non-hydrogen) atoms. The molecule has 0 amide bonds. The Hall–Kier alpha value is -2.07. The van der Waals surface area contributed by atoms with Crippen LogP contribution in [0.5, 0.6) is 0 Å². The molecule has 0 bridgehead atoms. The molecule has 1 atom stereocenters. The standard InChI is InChI=1S/C17H20N2O2/c1-3-7-19-8-6-18-17(19)11-14(20)16-10-13-9-12(2)4-5-15(13)21-16/h4-6,8-10,14,20H,3,7,11H2,1-2H3. The minimum absolute atomic E-state index is 0.464. The third-order valence-electron chi connectivity index (χ3n) is 3.66. The first kappa shape index (κ1) is 13.9. The van der Waals surface area contributed by atoms with Crippen LogP contribution in [0, 0.1) is 6.92 Å². The van der Waals surface area contributed by atoms with Gasteiger partial charge in [-0.15, -0.1) is 0 Å². The van der Waals surface area contributed by atoms with Crippen molar-refractivity contribution in [2.75, 3.05) is 0 Å². The van der Waals surface area contributed by atoms with E-state index in [9.17, 15) is 5.11 Å². The molecule has 4 heteroatoms. The average molecular weight is 284 g/mol. The molecule has 0 aliphatic carbocycles. The van der Waals surface area contributed by atoms with Gasteiger partial charge in [0.1, 0.15) is 23.3 Å². The molecule has 0 aliphatic heterocycles. The van der Waals surface area contributed by atoms with Crippen molar-refractivity contribution in [3.63, 3.8) is 0 Å². The van der Waals surface area contributed by atoms with Gasteiger partial charge in [-0.05, 0) is 31.5 Å². The van der Waals surface area contributed by atoms with E-state index in [2.05, 4.69) is 22.5 Å². The van der Waals surface area contributed by atoms with E-state index >= 15 is 0 Å². The van der Waals surface area contributed by atoms with Gasteiger partial charge < -0.3 is 14.1 Å². The summed E-state index contributed by atoms with van der Waals surface area (Å²) in [5, 5.41) is 11.4. The van der Waals surface area contributed by atoms with Crippen LogP contribution < -0.4 is 0 Å². The maximum absolute atomic E-state index is 10.4. The Morgan fingerprint density at radius 3 is 3.00 bits per heavy atom. The van der Waals surface area contributed by atoms with Crippen molar-refractivity contribution < 1.29 is 9.52 Å². The molecule has 1 aromatic carbocycles. The van der Waals surface area contributed by atoms with Gasteiger partial charge in [0, 0.05) is 30.7 Å². The van der Waals surface area contributed by atoms with Crippen molar-refractivity contribution >= 4 is 11.0 Å². The lowest BCUT2D eigenvalue weighted by Gasteiger charge is -2.09. The van der Waals surface area contributed by atoms with Crippen LogP contribution in [0.1, 0.15) is 36.6 Å². The smallest absolute Gasteiger partial charge is 0.134 e. The van der Waals surface area contributed by atoms with Crippen molar-refractivity contribution in [3.8, 4) is 0 Å². The quantitative estimate of drug-likeness (QED) is 0.778. The summed E-state index contributed by atoms with van der Waals surface area (Å²) in [5.74, 6) is 1.49. The fourth-order valence-electron chi connectivity index (χ4n) is 2.60. The van der Waals surface area contributed by atoms with E-state index in [1.807, 2.05) is 31.3 Å². The summed E-state index contributed by atoms with van der Waals surface area (Å²) < 4.78 is 7.83. The lowest BCUT2D eigenvalue weighted by Crippen LogP contribution is -2.08. The van der Waals surface area contributed by atoms with Crippen molar-refractivity contribution in [2.24, 2.45) is 0 Å². The highest BCUT2D eigenvalue weighted by atomic mass is 16.4. The summed E-state index contributed by atoms with van der Waals surface area (Å²) in [4.78, 5) is 4.33. The number of benzene rings is 1. The summed E-state index contributed by atoms with van der Waals surface area (Å²) in [6.07, 6.45) is 4.57. The van der Waals surface area contributed by atoms with Crippen LogP contribution in [0.15, 0.2) is 41.1 Å². The highest BCUT2D eigenvalue weighted by Crippen LogP contribution is 2.26. The summed E-state index contributed by atoms with van der Waals surface area (Å²) >= 11 is 0. The van der Waals surface area contributed by atoms with Crippen LogP contribution >= 0.6 is 0 Å². The number of fused-ring (bicyclic) bond motifs is 1. The summed E-state index contributed by atoms with van der Waals surface area (Å²) in [7, 11) is 0. The van der Waals surface area contributed by atoms with Gasteiger partial charge in [-0.25, -0.2) is 4.98 Å². The number of hydrogen-bond acceptors (Lipinski definition) is 3. The molecule has 0 fully saturated rings. The number of aliphatic hydroxyl groups is 1. The van der Waals surface area contributed by atoms with E-state index in [-0.39, 0.29) is 0 Å². The van der Waals surface area contributed by atoms with E-state index in [1.54, 1.807) is 6.20 Å². The number of rotatable bonds is 5. The first-order valence-electron chi connectivity index (χ1n) is 7.35. The molecule has 3 aromatic rings. The minimum atomic E-state index is -0.671. The molecule has 0 saturated heterocycles. The topological polar surface area (TPSA) is 51.2 Å². The van der Waals surface area contributed by atoms with Gasteiger partial charge in [0.2, 0.25) is 0 Å². The van der Waals surface area contributed by atoms with E-state index in [0.717, 1.165) is 29.8 Å². The van der Waals surface area contributed by atoms with Crippen molar-refractivity contribution in [1.82, 2.24) is 9.55 Å². The zero-order valence-electron chi connectivity index (χ0n) is 12.4. The van der Waals surface area contributed by atoms with E-state index in [4.69, 9.17) is 4.42 Å². The predicted molar refractivity (Wildman–Crippen MR) is 82.1 cm³/mol. The first-order valence-corrected chi connectivity index (χ1v) is 7.35. The number of aliphatic hydroxyl groups excluding tert-OH is 1. The number of imidazole rings is 1. The fraction of sp³-hybridized carbons (Fsp3) is 0.353. The van der Waals surface area contributed by atoms with Gasteiger partial charge in [0.05, 0.1) is 0 Å². The Kier molecular flexibility index (Phi) is 3.80. The first-order chi connectivity index (χ1) is 10.2. The molecule has 0 radical (unpaired) electrons. The lowest BCUT2D eigenvalue weighted by molar-refractivity contribution is 0.149. The Bertz CT molecular complexity index is 742. The van der Waals surface area contributed by atoms with Crippen molar-refractivity contribution in [3.05, 3.63) is 53.8 Å². The average Bonchev–Trinajstić information content (AvgIpc) is 3.06. The second-order valence-corrected chi connectivity index (χ2v) is 5.45. The van der Waals surface area contributed by atoms with Gasteiger partial charge in [0.15, 0.2) is 0 Å². The normalized spacial score (nSPS) is 12.9. The molecule has 0 aliphatic rings. The number of hydrogen-bond donors (Lipinski definition) is 1. The molecule has 4 nitrogen and oxygen atoms in total. The van der Waals surface area contributed by atoms with Gasteiger partial charge in [-0.2, -0.15) is 0 Å². The third kappa shape index (κ3) is 2.85. The zero-order valence-corrected chi connectivity index (χ0v) is 12.4. The molecule has 2 aromatic heterocycles. The lowest BCUT2D eigenvalue weighted by atomic mass is 10.1. The molecule has 0 spiro atoms. The highest BCUT2D eigenvalue weighted by molar-refractivity contribution is 5.78. The second-order valence-electron chi connectivity index (χ2n) is 5.45. The maximum atomic E-state index is 10.4. The van der Waals surface area contributed by atoms with Crippen LogP contribution in [0.2, 0.25) is 0 Å². The SMILES string of the molecule is CCCn1ccnc1CC(O)c1cc2cc(C)ccc2o1. The zero-order chi connectivity index (χ0) is 14.8. The molecule has 110 valence electrons. The Morgan fingerprint density at radius 2 is 2.19 bits per heavy atom. The predicted octanol–water partition coefficient (Wildman–Crippen LogP) is 3.62. The molecule has 2 heterocycles. The van der Waals surface area contributed by atoms with Crippen LogP contribution in [-0.2, 0) is 13.0 Å². The second kappa shape index (κ2) is 5.74. The van der Waals surface area contributed by atoms with Gasteiger partial charge >= 0.3 is 0 Å². The van der Waals surface area contributed by atoms with Crippen molar-refractivity contribution in [2.45, 2.75) is 39.3 Å². The van der Waals surface area contributed by atoms with Crippen LogP contribution in [0.25, 0.3) is 11.0 Å². The molecule has 1 unspecified atom stereocenters. The van der Waals surface area contributed by atoms with Gasteiger partial charge in [0.25, 0.3) is 0 Å². The molecule has 1 N–H and O–H groups in total. The highest BCUT2D eigenvalue weighted by Gasteiger charge is 2.16. The summed E-state index contributed by atoms with van der Waals surface area (Å²) in [6, 6.07) is 7.93. The van der Waals surface area contributed by atoms with E-state index < -0.39 is 6.10 Å². The molecular weight excluding hydrogens is 264 g/mol. The monoisotopic (exact) mass is 284 g/mol. The van der Waals surface area contributed by atoms with E-state index in [0.29, 0.717) is 12.2 Å². The largest absolute Gasteiger partial charge is 0.458 e. The molecule has 3 rings (SSSR count). The number of nitrogens with zero attached hydrogens (tertiary/aromatic N) is 2. The number of furan rings is 1. The van der Waals surface area contributed by atoms with E-state index in [1.165, 1.54) is 5.56 Å². The van der Waals surface area contributed by atoms with Crippen LogP contribution in [-0.4, -0.2) is 14.7 Å². The molecule has 0 saturated carbocycles. The van der Waals surface area contributed by atoms with Crippen LogP contribution in [0.4, 0.5) is 0 Å². The van der Waals surface area contributed by atoms with Gasteiger partial charge in [-0.3, -0.25) is 0 Å². The Labute approximate surface area is 124 Å².